The van der Waals surface area contributed by atoms with Crippen LogP contribution in [0.5, 0.6) is 0 Å². The molecule has 12 heteroatoms. The molecule has 10 heterocycles. The minimum absolute atomic E-state index is 0.0720. The van der Waals surface area contributed by atoms with Crippen LogP contribution in [-0.4, -0.2) is 34.7 Å². The lowest BCUT2D eigenvalue weighted by Gasteiger charge is -2.29. The summed E-state index contributed by atoms with van der Waals surface area (Å²) in [5, 5.41) is 0. The summed E-state index contributed by atoms with van der Waals surface area (Å²) in [6.45, 7) is 24.6. The average Bonchev–Trinajstić information content (AvgIpc) is 1.55. The average molecular weight is 1870 g/mol. The van der Waals surface area contributed by atoms with Crippen LogP contribution < -0.4 is 0 Å². The highest BCUT2D eigenvalue weighted by atomic mass is 32.1. The number of carbonyl (C=O) groups excluding carboxylic acids is 2. The van der Waals surface area contributed by atoms with Gasteiger partial charge in [-0.25, -0.2) is 0 Å². The molecule has 0 saturated carbocycles. The first-order chi connectivity index (χ1) is 62.0. The van der Waals surface area contributed by atoms with Crippen LogP contribution in [0.2, 0.25) is 0 Å². The molecule has 0 aliphatic carbocycles. The van der Waals surface area contributed by atoms with E-state index in [0.29, 0.717) is 42.0 Å². The molecule has 8 aromatic rings. The Morgan fingerprint density at radius 3 is 0.714 bits per heavy atom. The normalized spacial score (nSPS) is 14.3. The predicted molar refractivity (Wildman–Crippen MR) is 574 cm³/mol. The van der Waals surface area contributed by atoms with Crippen LogP contribution in [0.1, 0.15) is 497 Å². The molecule has 0 bridgehead atoms. The van der Waals surface area contributed by atoms with Crippen molar-refractivity contribution in [2.24, 2.45) is 23.7 Å². The van der Waals surface area contributed by atoms with E-state index < -0.39 is 0 Å². The SMILES string of the molecule is CCCCCCCCCCC(CCCCCCCC)Cc1c(-c2ccc(C)s2)sc2c1sc1c3sc(-c4ccc(-c5ccc(C6=C7C(=O)N(CC(CCCCCCCC)CCCCCCCCCC)C(c8ccc(C)s8)=C7C(=O)N6CC(CCCCCCCC)CCCCCCCCCC)s5)s4)c(CC(CCCCCCCC)CCCCCCCCCC)c3sc21. The highest BCUT2D eigenvalue weighted by Gasteiger charge is 2.50. The van der Waals surface area contributed by atoms with Gasteiger partial charge in [0.2, 0.25) is 0 Å². The number of hydrogen-bond donors (Lipinski definition) is 0. The van der Waals surface area contributed by atoms with E-state index in [1.165, 1.54) is 426 Å². The Balaban J connectivity index is 1.06. The number of rotatable bonds is 77. The monoisotopic (exact) mass is 1860 g/mol. The largest absolute Gasteiger partial charge is 0.306 e. The van der Waals surface area contributed by atoms with Crippen molar-refractivity contribution in [2.75, 3.05) is 13.1 Å². The van der Waals surface area contributed by atoms with Crippen LogP contribution in [0.25, 0.3) is 68.9 Å². The van der Waals surface area contributed by atoms with Gasteiger partial charge in [-0.1, -0.05) is 441 Å². The second-order valence-corrected chi connectivity index (χ2v) is 48.4. The van der Waals surface area contributed by atoms with E-state index >= 15 is 9.59 Å². The van der Waals surface area contributed by atoms with E-state index in [1.54, 1.807) is 55.5 Å². The molecule has 0 fully saturated rings. The zero-order chi connectivity index (χ0) is 88.7. The molecule has 4 nitrogen and oxygen atoms in total. The minimum atomic E-state index is 0.0720. The summed E-state index contributed by atoms with van der Waals surface area (Å²) < 4.78 is 9.47. The van der Waals surface area contributed by atoms with Gasteiger partial charge >= 0.3 is 0 Å². The molecular formula is C114H178N2O2S8. The van der Waals surface area contributed by atoms with Crippen LogP contribution in [0.3, 0.4) is 0 Å². The van der Waals surface area contributed by atoms with Gasteiger partial charge in [0.25, 0.3) is 11.8 Å². The molecular weight excluding hydrogens is 1690 g/mol. The Kier molecular flexibility index (Phi) is 50.7. The maximum Gasteiger partial charge on any atom is 0.261 e. The zero-order valence-corrected chi connectivity index (χ0v) is 88.5. The fourth-order valence-electron chi connectivity index (χ4n) is 20.9. The van der Waals surface area contributed by atoms with Gasteiger partial charge in [0.05, 0.1) is 60.5 Å². The van der Waals surface area contributed by atoms with Crippen molar-refractivity contribution in [1.29, 1.82) is 0 Å². The molecule has 2 aliphatic rings. The van der Waals surface area contributed by atoms with Crippen molar-refractivity contribution in [3.8, 4) is 29.3 Å². The fourth-order valence-corrected chi connectivity index (χ4v) is 31.3. The van der Waals surface area contributed by atoms with Crippen molar-refractivity contribution in [3.63, 3.8) is 0 Å². The first-order valence-electron chi connectivity index (χ1n) is 53.9. The third-order valence-corrected chi connectivity index (χ3v) is 39.0. The molecule has 4 unspecified atom stereocenters. The first-order valence-corrected chi connectivity index (χ1v) is 60.4. The summed E-state index contributed by atoms with van der Waals surface area (Å²) in [6, 6.07) is 19.0. The van der Waals surface area contributed by atoms with Crippen LogP contribution in [0.15, 0.2) is 59.7 Å². The number of unbranched alkanes of at least 4 members (excludes halogenated alkanes) is 48. The quantitative estimate of drug-likeness (QED) is 0.0357. The van der Waals surface area contributed by atoms with E-state index in [9.17, 15) is 0 Å². The zero-order valence-electron chi connectivity index (χ0n) is 82.0. The van der Waals surface area contributed by atoms with E-state index in [4.69, 9.17) is 0 Å². The lowest BCUT2D eigenvalue weighted by atomic mass is 9.88. The molecule has 704 valence electrons. The van der Waals surface area contributed by atoms with Crippen LogP contribution in [0.4, 0.5) is 0 Å². The lowest BCUT2D eigenvalue weighted by molar-refractivity contribution is -0.124. The van der Waals surface area contributed by atoms with E-state index in [2.05, 4.69) is 173 Å². The number of thiophene rings is 8. The minimum Gasteiger partial charge on any atom is -0.306 e. The van der Waals surface area contributed by atoms with Crippen LogP contribution in [0, 0.1) is 37.5 Å². The highest BCUT2D eigenvalue weighted by molar-refractivity contribution is 7.46. The van der Waals surface area contributed by atoms with E-state index in [0.717, 1.165) is 59.2 Å². The molecule has 2 amide bonds. The van der Waals surface area contributed by atoms with Gasteiger partial charge < -0.3 is 9.80 Å². The van der Waals surface area contributed by atoms with Gasteiger partial charge in [0.1, 0.15) is 0 Å². The van der Waals surface area contributed by atoms with Crippen molar-refractivity contribution in [3.05, 3.63) is 90.3 Å². The third-order valence-electron chi connectivity index (χ3n) is 28.6. The Morgan fingerprint density at radius 2 is 0.437 bits per heavy atom. The molecule has 2 aliphatic heterocycles. The lowest BCUT2D eigenvalue weighted by Crippen LogP contribution is -2.34. The number of amides is 2. The highest BCUT2D eigenvalue weighted by Crippen LogP contribution is 2.59. The maximum absolute atomic E-state index is 16.6. The Bertz CT molecular complexity index is 4350. The summed E-state index contributed by atoms with van der Waals surface area (Å²) in [6.07, 6.45) is 86.8. The molecule has 0 radical (unpaired) electrons. The number of fused-ring (bicyclic) bond motifs is 6. The van der Waals surface area contributed by atoms with Crippen LogP contribution >= 0.6 is 90.7 Å². The summed E-state index contributed by atoms with van der Waals surface area (Å²) in [5.74, 6) is 2.28. The predicted octanol–water partition coefficient (Wildman–Crippen LogP) is 41.7. The van der Waals surface area contributed by atoms with E-state index in [1.807, 2.05) is 34.0 Å². The Morgan fingerprint density at radius 1 is 0.222 bits per heavy atom. The van der Waals surface area contributed by atoms with Gasteiger partial charge in [-0.05, 0) is 136 Å². The van der Waals surface area contributed by atoms with Gasteiger partial charge in [0, 0.05) is 52.1 Å². The molecule has 0 aromatic carbocycles. The van der Waals surface area contributed by atoms with Gasteiger partial charge in [0.15, 0.2) is 0 Å². The number of carbonyl (C=O) groups is 2. The third kappa shape index (κ3) is 33.1. The number of nitrogens with zero attached hydrogens (tertiary/aromatic N) is 2. The molecule has 10 rings (SSSR count). The summed E-state index contributed by atoms with van der Waals surface area (Å²) in [5.41, 5.74) is 6.53. The molecule has 0 N–H and O–H groups in total. The second-order valence-electron chi connectivity index (χ2n) is 39.6. The summed E-state index contributed by atoms with van der Waals surface area (Å²) in [7, 11) is 0. The standard InChI is InChI=1S/C114H178N2O2S8/c1-11-19-27-35-43-47-55-61-69-89(67-59-51-39-31-23-15-5)83-93-105(99-78-76-88(10)120-99)123-109-107(93)125-112-110-108(126-111(109)112)94(84-90(68-60-52-40-32-24-16-6)70-62-56-48-44-36-28-20-12-2)106(124-110)100-82-80-96(122-100)95-79-81-98(121-95)104-102-101(113(117)116(104)86-92(72-64-54-42-34-26-18-8)74-66-58-50-46-38-30-22-14-4)103(97-77-75-87(9)119-97)115(114(102)118)85-91(71-63-53-41-33-25-17-7)73-65-57-49-45-37-29-21-13-3/h75-82,89-92H,11-74,83-86H2,1-10H3. The molecule has 8 aromatic heterocycles. The summed E-state index contributed by atoms with van der Waals surface area (Å²) >= 11 is 16.4. The van der Waals surface area contributed by atoms with Crippen LogP contribution in [-0.2, 0) is 22.4 Å². The summed E-state index contributed by atoms with van der Waals surface area (Å²) in [4.78, 5) is 50.9. The molecule has 0 spiro atoms. The molecule has 0 saturated heterocycles. The Hall–Kier alpha value is -3.20. The molecule has 4 atom stereocenters. The van der Waals surface area contributed by atoms with Crippen molar-refractivity contribution >= 4 is 142 Å². The second kappa shape index (κ2) is 60.9. The number of aryl methyl sites for hydroxylation is 2. The van der Waals surface area contributed by atoms with Gasteiger partial charge in [-0.15, -0.1) is 90.7 Å². The van der Waals surface area contributed by atoms with Crippen molar-refractivity contribution < 1.29 is 9.59 Å². The topological polar surface area (TPSA) is 40.6 Å². The smallest absolute Gasteiger partial charge is 0.261 e. The van der Waals surface area contributed by atoms with Gasteiger partial charge in [-0.3, -0.25) is 9.59 Å². The first kappa shape index (κ1) is 105. The Labute approximate surface area is 803 Å². The van der Waals surface area contributed by atoms with E-state index in [-0.39, 0.29) is 11.8 Å². The van der Waals surface area contributed by atoms with Crippen molar-refractivity contribution in [2.45, 2.75) is 493 Å². The number of hydrogen-bond acceptors (Lipinski definition) is 10. The molecule has 126 heavy (non-hydrogen) atoms. The maximum atomic E-state index is 16.6. The van der Waals surface area contributed by atoms with Gasteiger partial charge in [-0.2, -0.15) is 0 Å². The van der Waals surface area contributed by atoms with Crippen molar-refractivity contribution in [1.82, 2.24) is 9.80 Å². The fraction of sp³-hybridized carbons (Fsp3) is 0.719.